The SMILES string of the molecule is O=C(CC1NCCN(CC2CCC2)C1=O)NC1CC1. The van der Waals surface area contributed by atoms with Crippen molar-refractivity contribution >= 4 is 11.8 Å². The van der Waals surface area contributed by atoms with Gasteiger partial charge in [-0.05, 0) is 31.6 Å². The van der Waals surface area contributed by atoms with Crippen molar-refractivity contribution < 1.29 is 9.59 Å². The van der Waals surface area contributed by atoms with Crippen LogP contribution in [0.1, 0.15) is 38.5 Å². The van der Waals surface area contributed by atoms with Gasteiger partial charge in [-0.1, -0.05) is 6.42 Å². The van der Waals surface area contributed by atoms with Gasteiger partial charge in [-0.3, -0.25) is 9.59 Å². The van der Waals surface area contributed by atoms with Gasteiger partial charge in [0, 0.05) is 25.7 Å². The molecule has 19 heavy (non-hydrogen) atoms. The number of carbonyl (C=O) groups is 2. The van der Waals surface area contributed by atoms with E-state index in [0.29, 0.717) is 12.0 Å². The van der Waals surface area contributed by atoms with E-state index in [2.05, 4.69) is 10.6 Å². The molecule has 3 aliphatic rings. The molecule has 0 aromatic heterocycles. The van der Waals surface area contributed by atoms with Gasteiger partial charge in [0.15, 0.2) is 0 Å². The first-order valence-electron chi connectivity index (χ1n) is 7.54. The van der Waals surface area contributed by atoms with Crippen LogP contribution in [0.5, 0.6) is 0 Å². The zero-order valence-electron chi connectivity index (χ0n) is 11.4. The second-order valence-electron chi connectivity index (χ2n) is 6.13. The average Bonchev–Trinajstić information content (AvgIpc) is 3.11. The topological polar surface area (TPSA) is 61.4 Å². The lowest BCUT2D eigenvalue weighted by Crippen LogP contribution is -2.57. The minimum atomic E-state index is -0.312. The molecule has 106 valence electrons. The van der Waals surface area contributed by atoms with Gasteiger partial charge in [0.25, 0.3) is 0 Å². The number of nitrogens with one attached hydrogen (secondary N) is 2. The van der Waals surface area contributed by atoms with Gasteiger partial charge in [-0.15, -0.1) is 0 Å². The lowest BCUT2D eigenvalue weighted by molar-refractivity contribution is -0.139. The molecule has 2 N–H and O–H groups in total. The van der Waals surface area contributed by atoms with Crippen molar-refractivity contribution in [1.82, 2.24) is 15.5 Å². The fourth-order valence-corrected chi connectivity index (χ4v) is 2.82. The molecule has 1 saturated heterocycles. The first-order chi connectivity index (χ1) is 9.22. The molecular formula is C14H23N3O2. The third-order valence-corrected chi connectivity index (χ3v) is 4.42. The predicted molar refractivity (Wildman–Crippen MR) is 71.5 cm³/mol. The van der Waals surface area contributed by atoms with Crippen LogP contribution in [0.25, 0.3) is 0 Å². The van der Waals surface area contributed by atoms with Crippen LogP contribution in [-0.4, -0.2) is 48.4 Å². The molecule has 0 aromatic carbocycles. The monoisotopic (exact) mass is 265 g/mol. The van der Waals surface area contributed by atoms with E-state index >= 15 is 0 Å². The summed E-state index contributed by atoms with van der Waals surface area (Å²) in [6.07, 6.45) is 6.28. The number of hydrogen-bond donors (Lipinski definition) is 2. The Kier molecular flexibility index (Phi) is 3.73. The summed E-state index contributed by atoms with van der Waals surface area (Å²) in [5.74, 6) is 0.825. The molecule has 0 aromatic rings. The molecule has 2 amide bonds. The Balaban J connectivity index is 1.49. The Bertz CT molecular complexity index is 364. The van der Waals surface area contributed by atoms with Gasteiger partial charge in [0.1, 0.15) is 0 Å². The lowest BCUT2D eigenvalue weighted by atomic mass is 9.85. The van der Waals surface area contributed by atoms with Crippen LogP contribution in [0, 0.1) is 5.92 Å². The highest BCUT2D eigenvalue weighted by atomic mass is 16.2. The minimum absolute atomic E-state index is 0.0128. The van der Waals surface area contributed by atoms with Gasteiger partial charge in [-0.25, -0.2) is 0 Å². The Hall–Kier alpha value is -1.10. The molecular weight excluding hydrogens is 242 g/mol. The van der Waals surface area contributed by atoms with E-state index in [9.17, 15) is 9.59 Å². The van der Waals surface area contributed by atoms with E-state index < -0.39 is 0 Å². The molecule has 2 aliphatic carbocycles. The highest BCUT2D eigenvalue weighted by molar-refractivity contribution is 5.89. The normalized spacial score (nSPS) is 28.1. The fraction of sp³-hybridized carbons (Fsp3) is 0.857. The molecule has 1 atom stereocenters. The van der Waals surface area contributed by atoms with Crippen molar-refractivity contribution in [1.29, 1.82) is 0 Å². The van der Waals surface area contributed by atoms with Crippen LogP contribution in [0.4, 0.5) is 0 Å². The number of carbonyl (C=O) groups excluding carboxylic acids is 2. The number of hydrogen-bond acceptors (Lipinski definition) is 3. The van der Waals surface area contributed by atoms with Gasteiger partial charge in [0.05, 0.1) is 12.5 Å². The molecule has 3 rings (SSSR count). The summed E-state index contributed by atoms with van der Waals surface area (Å²) in [7, 11) is 0. The maximum absolute atomic E-state index is 12.3. The summed E-state index contributed by atoms with van der Waals surface area (Å²) in [4.78, 5) is 26.1. The quantitative estimate of drug-likeness (QED) is 0.749. The van der Waals surface area contributed by atoms with Crippen LogP contribution >= 0.6 is 0 Å². The molecule has 5 heteroatoms. The summed E-state index contributed by atoms with van der Waals surface area (Å²) < 4.78 is 0. The van der Waals surface area contributed by atoms with E-state index in [-0.39, 0.29) is 24.3 Å². The third-order valence-electron chi connectivity index (χ3n) is 4.42. The van der Waals surface area contributed by atoms with Crippen molar-refractivity contribution in [3.05, 3.63) is 0 Å². The van der Waals surface area contributed by atoms with Gasteiger partial charge < -0.3 is 15.5 Å². The number of piperazine rings is 1. The van der Waals surface area contributed by atoms with Crippen LogP contribution in [-0.2, 0) is 9.59 Å². The average molecular weight is 265 g/mol. The van der Waals surface area contributed by atoms with E-state index in [0.717, 1.165) is 32.5 Å². The second-order valence-corrected chi connectivity index (χ2v) is 6.13. The van der Waals surface area contributed by atoms with Crippen molar-refractivity contribution in [3.63, 3.8) is 0 Å². The summed E-state index contributed by atoms with van der Waals surface area (Å²) in [6, 6.07) is 0.0600. The lowest BCUT2D eigenvalue weighted by Gasteiger charge is -2.37. The number of rotatable bonds is 5. The highest BCUT2D eigenvalue weighted by Crippen LogP contribution is 2.27. The van der Waals surface area contributed by atoms with Crippen LogP contribution in [0.3, 0.4) is 0 Å². The Labute approximate surface area is 114 Å². The third kappa shape index (κ3) is 3.26. The van der Waals surface area contributed by atoms with Crippen LogP contribution < -0.4 is 10.6 Å². The van der Waals surface area contributed by atoms with Gasteiger partial charge in [-0.2, -0.15) is 0 Å². The van der Waals surface area contributed by atoms with Crippen molar-refractivity contribution in [2.24, 2.45) is 5.92 Å². The molecule has 5 nitrogen and oxygen atoms in total. The Morgan fingerprint density at radius 1 is 1.32 bits per heavy atom. The molecule has 1 heterocycles. The van der Waals surface area contributed by atoms with Crippen molar-refractivity contribution in [3.8, 4) is 0 Å². The molecule has 1 aliphatic heterocycles. The number of nitrogens with zero attached hydrogens (tertiary/aromatic N) is 1. The van der Waals surface area contributed by atoms with Crippen LogP contribution in [0.2, 0.25) is 0 Å². The Morgan fingerprint density at radius 2 is 2.11 bits per heavy atom. The first-order valence-corrected chi connectivity index (χ1v) is 7.54. The molecule has 2 saturated carbocycles. The van der Waals surface area contributed by atoms with Crippen molar-refractivity contribution in [2.75, 3.05) is 19.6 Å². The fourth-order valence-electron chi connectivity index (χ4n) is 2.82. The molecule has 0 spiro atoms. The van der Waals surface area contributed by atoms with Crippen LogP contribution in [0.15, 0.2) is 0 Å². The highest BCUT2D eigenvalue weighted by Gasteiger charge is 2.33. The number of amides is 2. The summed E-state index contributed by atoms with van der Waals surface area (Å²) >= 11 is 0. The summed E-state index contributed by atoms with van der Waals surface area (Å²) in [6.45, 7) is 2.48. The molecule has 0 bridgehead atoms. The van der Waals surface area contributed by atoms with Gasteiger partial charge in [0.2, 0.25) is 11.8 Å². The van der Waals surface area contributed by atoms with Gasteiger partial charge >= 0.3 is 0 Å². The predicted octanol–water partition coefficient (Wildman–Crippen LogP) is 0.256. The minimum Gasteiger partial charge on any atom is -0.353 e. The second kappa shape index (κ2) is 5.49. The van der Waals surface area contributed by atoms with E-state index in [1.54, 1.807) is 0 Å². The maximum atomic E-state index is 12.3. The van der Waals surface area contributed by atoms with E-state index in [4.69, 9.17) is 0 Å². The summed E-state index contributed by atoms with van der Waals surface area (Å²) in [5, 5.41) is 6.13. The molecule has 3 fully saturated rings. The van der Waals surface area contributed by atoms with E-state index in [1.807, 2.05) is 4.90 Å². The molecule has 1 unspecified atom stereocenters. The smallest absolute Gasteiger partial charge is 0.240 e. The Morgan fingerprint density at radius 3 is 2.74 bits per heavy atom. The molecule has 0 radical (unpaired) electrons. The zero-order valence-corrected chi connectivity index (χ0v) is 11.4. The first kappa shape index (κ1) is 12.9. The zero-order chi connectivity index (χ0) is 13.2. The van der Waals surface area contributed by atoms with Crippen molar-refractivity contribution in [2.45, 2.75) is 50.6 Å². The summed E-state index contributed by atoms with van der Waals surface area (Å²) in [5.41, 5.74) is 0. The maximum Gasteiger partial charge on any atom is 0.240 e. The standard InChI is InChI=1S/C14H23N3O2/c18-13(16-11-4-5-11)8-12-14(19)17(7-6-15-12)9-10-2-1-3-10/h10-12,15H,1-9H2,(H,16,18). The largest absolute Gasteiger partial charge is 0.353 e. The van der Waals surface area contributed by atoms with E-state index in [1.165, 1.54) is 19.3 Å².